The van der Waals surface area contributed by atoms with E-state index in [0.29, 0.717) is 6.42 Å². The molecule has 0 amide bonds. The van der Waals surface area contributed by atoms with Gasteiger partial charge in [0.2, 0.25) is 0 Å². The van der Waals surface area contributed by atoms with E-state index in [2.05, 4.69) is 32.9 Å². The standard InChI is InChI=1S/C18H20O2/c1-11-8-13(3)15(9-12(11)2)18-10-16(19)14-6-4-5-7-17(14)20-18/h4-9,16,18-19H,10H2,1-3H3. The van der Waals surface area contributed by atoms with Gasteiger partial charge in [0.1, 0.15) is 11.9 Å². The van der Waals surface area contributed by atoms with Gasteiger partial charge in [-0.25, -0.2) is 0 Å². The molecule has 2 nitrogen and oxygen atoms in total. The molecule has 2 atom stereocenters. The van der Waals surface area contributed by atoms with Crippen LogP contribution in [0.25, 0.3) is 0 Å². The van der Waals surface area contributed by atoms with Gasteiger partial charge in [0, 0.05) is 12.0 Å². The maximum atomic E-state index is 10.3. The van der Waals surface area contributed by atoms with Crippen molar-refractivity contribution in [3.8, 4) is 5.75 Å². The Balaban J connectivity index is 2.00. The second-order valence-electron chi connectivity index (χ2n) is 5.69. The van der Waals surface area contributed by atoms with Crippen LogP contribution in [0.4, 0.5) is 0 Å². The number of aliphatic hydroxyl groups excluding tert-OH is 1. The molecule has 104 valence electrons. The predicted molar refractivity (Wildman–Crippen MR) is 80.0 cm³/mol. The Morgan fingerprint density at radius 1 is 0.950 bits per heavy atom. The third-order valence-electron chi connectivity index (χ3n) is 4.21. The third-order valence-corrected chi connectivity index (χ3v) is 4.21. The normalized spacial score (nSPS) is 21.2. The lowest BCUT2D eigenvalue weighted by Crippen LogP contribution is -2.20. The molecule has 0 saturated heterocycles. The van der Waals surface area contributed by atoms with E-state index >= 15 is 0 Å². The predicted octanol–water partition coefficient (Wildman–Crippen LogP) is 4.17. The summed E-state index contributed by atoms with van der Waals surface area (Å²) in [6.07, 6.45) is 0.0885. The van der Waals surface area contributed by atoms with Crippen molar-refractivity contribution in [3.63, 3.8) is 0 Å². The largest absolute Gasteiger partial charge is 0.485 e. The number of benzene rings is 2. The third kappa shape index (κ3) is 2.20. The number of hydrogen-bond acceptors (Lipinski definition) is 2. The molecule has 0 spiro atoms. The molecule has 2 aromatic rings. The summed E-state index contributed by atoms with van der Waals surface area (Å²) in [5, 5.41) is 10.3. The fraction of sp³-hybridized carbons (Fsp3) is 0.333. The van der Waals surface area contributed by atoms with Gasteiger partial charge in [-0.2, -0.15) is 0 Å². The number of fused-ring (bicyclic) bond motifs is 1. The highest BCUT2D eigenvalue weighted by Crippen LogP contribution is 2.41. The van der Waals surface area contributed by atoms with Crippen LogP contribution in [0, 0.1) is 20.8 Å². The molecular weight excluding hydrogens is 248 g/mol. The Hall–Kier alpha value is -1.80. The van der Waals surface area contributed by atoms with Crippen molar-refractivity contribution in [1.82, 2.24) is 0 Å². The fourth-order valence-corrected chi connectivity index (χ4v) is 2.91. The van der Waals surface area contributed by atoms with E-state index in [4.69, 9.17) is 4.74 Å². The maximum absolute atomic E-state index is 10.3. The zero-order chi connectivity index (χ0) is 14.3. The molecule has 2 aromatic carbocycles. The topological polar surface area (TPSA) is 29.5 Å². The summed E-state index contributed by atoms with van der Waals surface area (Å²) in [6.45, 7) is 6.35. The highest BCUT2D eigenvalue weighted by atomic mass is 16.5. The summed E-state index contributed by atoms with van der Waals surface area (Å²) >= 11 is 0. The Morgan fingerprint density at radius 3 is 2.45 bits per heavy atom. The van der Waals surface area contributed by atoms with Crippen LogP contribution in [0.1, 0.15) is 46.4 Å². The monoisotopic (exact) mass is 268 g/mol. The molecule has 1 heterocycles. The summed E-state index contributed by atoms with van der Waals surface area (Å²) in [7, 11) is 0. The molecule has 0 saturated carbocycles. The molecule has 0 bridgehead atoms. The quantitative estimate of drug-likeness (QED) is 0.841. The van der Waals surface area contributed by atoms with Gasteiger partial charge < -0.3 is 9.84 Å². The molecule has 1 N–H and O–H groups in total. The van der Waals surface area contributed by atoms with Gasteiger partial charge in [0.15, 0.2) is 0 Å². The van der Waals surface area contributed by atoms with Crippen molar-refractivity contribution >= 4 is 0 Å². The number of para-hydroxylation sites is 1. The van der Waals surface area contributed by atoms with Gasteiger partial charge in [-0.1, -0.05) is 30.3 Å². The van der Waals surface area contributed by atoms with Crippen LogP contribution in [0.2, 0.25) is 0 Å². The molecule has 2 heteroatoms. The van der Waals surface area contributed by atoms with E-state index in [-0.39, 0.29) is 6.10 Å². The minimum Gasteiger partial charge on any atom is -0.485 e. The molecule has 3 rings (SSSR count). The first-order chi connectivity index (χ1) is 9.56. The van der Waals surface area contributed by atoms with Gasteiger partial charge in [-0.3, -0.25) is 0 Å². The lowest BCUT2D eigenvalue weighted by atomic mass is 9.91. The summed E-state index contributed by atoms with van der Waals surface area (Å²) in [5.41, 5.74) is 5.86. The molecule has 0 fully saturated rings. The van der Waals surface area contributed by atoms with E-state index < -0.39 is 6.10 Å². The van der Waals surface area contributed by atoms with E-state index in [1.165, 1.54) is 22.3 Å². The van der Waals surface area contributed by atoms with E-state index in [9.17, 15) is 5.11 Å². The van der Waals surface area contributed by atoms with Gasteiger partial charge in [-0.05, 0) is 49.1 Å². The van der Waals surface area contributed by atoms with Crippen molar-refractivity contribution in [1.29, 1.82) is 0 Å². The van der Waals surface area contributed by atoms with Crippen LogP contribution in [0.15, 0.2) is 36.4 Å². The highest BCUT2D eigenvalue weighted by molar-refractivity contribution is 5.42. The molecule has 0 aliphatic carbocycles. The van der Waals surface area contributed by atoms with Crippen LogP contribution in [0.5, 0.6) is 5.75 Å². The van der Waals surface area contributed by atoms with Crippen molar-refractivity contribution in [2.24, 2.45) is 0 Å². The van der Waals surface area contributed by atoms with Crippen molar-refractivity contribution < 1.29 is 9.84 Å². The number of ether oxygens (including phenoxy) is 1. The van der Waals surface area contributed by atoms with Crippen LogP contribution in [-0.4, -0.2) is 5.11 Å². The Morgan fingerprint density at radius 2 is 1.65 bits per heavy atom. The van der Waals surface area contributed by atoms with E-state index in [0.717, 1.165) is 11.3 Å². The van der Waals surface area contributed by atoms with Crippen LogP contribution in [0.3, 0.4) is 0 Å². The summed E-state index contributed by atoms with van der Waals surface area (Å²) in [4.78, 5) is 0. The van der Waals surface area contributed by atoms with Crippen LogP contribution < -0.4 is 4.74 Å². The zero-order valence-corrected chi connectivity index (χ0v) is 12.2. The highest BCUT2D eigenvalue weighted by Gasteiger charge is 2.28. The SMILES string of the molecule is Cc1cc(C)c(C2CC(O)c3ccccc3O2)cc1C. The molecule has 1 aliphatic rings. The van der Waals surface area contributed by atoms with Gasteiger partial charge in [0.25, 0.3) is 0 Å². The second kappa shape index (κ2) is 4.95. The molecular formula is C18H20O2. The fourth-order valence-electron chi connectivity index (χ4n) is 2.91. The average molecular weight is 268 g/mol. The van der Waals surface area contributed by atoms with Crippen LogP contribution in [-0.2, 0) is 0 Å². The first-order valence-electron chi connectivity index (χ1n) is 7.07. The van der Waals surface area contributed by atoms with Crippen molar-refractivity contribution in [2.75, 3.05) is 0 Å². The lowest BCUT2D eigenvalue weighted by Gasteiger charge is -2.31. The first kappa shape index (κ1) is 13.2. The van der Waals surface area contributed by atoms with Gasteiger partial charge >= 0.3 is 0 Å². The number of aliphatic hydroxyl groups is 1. The van der Waals surface area contributed by atoms with Crippen LogP contribution >= 0.6 is 0 Å². The molecule has 0 aromatic heterocycles. The zero-order valence-electron chi connectivity index (χ0n) is 12.2. The van der Waals surface area contributed by atoms with E-state index in [1.54, 1.807) is 0 Å². The number of rotatable bonds is 1. The smallest absolute Gasteiger partial charge is 0.127 e. The van der Waals surface area contributed by atoms with Gasteiger partial charge in [0.05, 0.1) is 6.10 Å². The number of aryl methyl sites for hydroxylation is 3. The van der Waals surface area contributed by atoms with Gasteiger partial charge in [-0.15, -0.1) is 0 Å². The summed E-state index contributed by atoms with van der Waals surface area (Å²) in [5.74, 6) is 0.800. The Labute approximate surface area is 120 Å². The maximum Gasteiger partial charge on any atom is 0.127 e. The van der Waals surface area contributed by atoms with E-state index in [1.807, 2.05) is 24.3 Å². The molecule has 20 heavy (non-hydrogen) atoms. The Bertz CT molecular complexity index is 646. The second-order valence-corrected chi connectivity index (χ2v) is 5.69. The first-order valence-corrected chi connectivity index (χ1v) is 7.07. The van der Waals surface area contributed by atoms with Crippen molar-refractivity contribution in [3.05, 3.63) is 64.2 Å². The molecule has 1 aliphatic heterocycles. The molecule has 0 radical (unpaired) electrons. The molecule has 2 unspecified atom stereocenters. The minimum absolute atomic E-state index is 0.0702. The summed E-state index contributed by atoms with van der Waals surface area (Å²) < 4.78 is 6.10. The number of hydrogen-bond donors (Lipinski definition) is 1. The average Bonchev–Trinajstić information content (AvgIpc) is 2.43. The van der Waals surface area contributed by atoms with Crippen molar-refractivity contribution in [2.45, 2.75) is 39.4 Å². The lowest BCUT2D eigenvalue weighted by molar-refractivity contribution is 0.0654. The minimum atomic E-state index is -0.453. The Kier molecular flexibility index (Phi) is 3.27. The summed E-state index contributed by atoms with van der Waals surface area (Å²) in [6, 6.07) is 12.1.